The number of β-lactam (4-membered cyclic amide) rings is 1. The van der Waals surface area contributed by atoms with E-state index in [1.165, 1.54) is 11.6 Å². The summed E-state index contributed by atoms with van der Waals surface area (Å²) in [6, 6.07) is -3.33. The highest BCUT2D eigenvalue weighted by Gasteiger charge is 2.56. The highest BCUT2D eigenvalue weighted by molar-refractivity contribution is 7.84. The van der Waals surface area contributed by atoms with Crippen LogP contribution in [0.1, 0.15) is 36.7 Å². The predicted octanol–water partition coefficient (Wildman–Crippen LogP) is -2.80. The summed E-state index contributed by atoms with van der Waals surface area (Å²) in [6.45, 7) is -0.0534. The van der Waals surface area contributed by atoms with E-state index in [9.17, 15) is 32.5 Å². The number of aliphatic carboxylic acids is 1. The molecule has 1 saturated heterocycles. The molecule has 0 aromatic carbocycles. The van der Waals surface area contributed by atoms with Crippen LogP contribution in [0, 0.1) is 0 Å². The second-order valence-corrected chi connectivity index (χ2v) is 10.7. The lowest BCUT2D eigenvalue weighted by molar-refractivity contribution is -0.153. The number of carboxylic acid groups (broad SMARTS) is 1. The summed E-state index contributed by atoms with van der Waals surface area (Å²) in [6.07, 6.45) is 2.09. The van der Waals surface area contributed by atoms with Gasteiger partial charge in [0.2, 0.25) is 5.60 Å². The van der Waals surface area contributed by atoms with E-state index in [0.29, 0.717) is 18.7 Å². The van der Waals surface area contributed by atoms with Gasteiger partial charge in [0, 0.05) is 18.2 Å². The van der Waals surface area contributed by atoms with Crippen molar-refractivity contribution in [1.29, 1.82) is 0 Å². The second kappa shape index (κ2) is 10.2. The highest BCUT2D eigenvalue weighted by Crippen LogP contribution is 2.40. The van der Waals surface area contributed by atoms with Crippen molar-refractivity contribution >= 4 is 50.3 Å². The molecule has 20 heteroatoms. The van der Waals surface area contributed by atoms with Crippen LogP contribution in [0.3, 0.4) is 0 Å². The lowest BCUT2D eigenvalue weighted by Crippen LogP contribution is -2.73. The number of anilines is 1. The Morgan fingerprint density at radius 1 is 1.39 bits per heavy atom. The van der Waals surface area contributed by atoms with Crippen LogP contribution in [0.15, 0.2) is 16.7 Å². The Kier molecular flexibility index (Phi) is 7.34. The van der Waals surface area contributed by atoms with Gasteiger partial charge in [-0.2, -0.15) is 23.4 Å². The summed E-state index contributed by atoms with van der Waals surface area (Å²) in [4.78, 5) is 47.3. The molecule has 0 unspecified atom stereocenters. The quantitative estimate of drug-likeness (QED) is 0.0648. The van der Waals surface area contributed by atoms with E-state index in [2.05, 4.69) is 25.7 Å². The van der Waals surface area contributed by atoms with Gasteiger partial charge in [0.25, 0.3) is 11.8 Å². The second-order valence-electron chi connectivity index (χ2n) is 8.54. The summed E-state index contributed by atoms with van der Waals surface area (Å²) >= 11 is 0.967. The molecule has 0 spiro atoms. The fourth-order valence-electron chi connectivity index (χ4n) is 3.61. The van der Waals surface area contributed by atoms with Crippen molar-refractivity contribution in [3.05, 3.63) is 23.0 Å². The van der Waals surface area contributed by atoms with Crippen molar-refractivity contribution < 1.29 is 37.3 Å². The molecule has 0 radical (unpaired) electrons. The summed E-state index contributed by atoms with van der Waals surface area (Å²) < 4.78 is 33.4. The van der Waals surface area contributed by atoms with Crippen molar-refractivity contribution in [1.82, 2.24) is 29.6 Å². The van der Waals surface area contributed by atoms with Gasteiger partial charge < -0.3 is 32.5 Å². The zero-order chi connectivity index (χ0) is 27.8. The zero-order valence-electron chi connectivity index (χ0n) is 19.5. The normalized spacial score (nSPS) is 21.5. The number of carbonyl (C=O) groups is 3. The fraction of sp³-hybridized carbons (Fsp3) is 0.500. The van der Waals surface area contributed by atoms with Crippen molar-refractivity contribution in [2.24, 2.45) is 16.6 Å². The smallest absolute Gasteiger partial charge is 0.362 e. The highest BCUT2D eigenvalue weighted by atomic mass is 32.2. The molecule has 38 heavy (non-hydrogen) atoms. The van der Waals surface area contributed by atoms with Crippen LogP contribution >= 0.6 is 11.3 Å². The minimum atomic E-state index is -5.00. The Morgan fingerprint density at radius 3 is 2.66 bits per heavy atom. The number of aromatic nitrogens is 4. The molecule has 2 amide bonds. The van der Waals surface area contributed by atoms with Gasteiger partial charge in [-0.25, -0.2) is 14.1 Å². The van der Waals surface area contributed by atoms with Gasteiger partial charge in [0.1, 0.15) is 17.8 Å². The van der Waals surface area contributed by atoms with Gasteiger partial charge >= 0.3 is 16.3 Å². The Balaban J connectivity index is 1.57. The van der Waals surface area contributed by atoms with Gasteiger partial charge in [-0.05, 0) is 13.0 Å². The third-order valence-corrected chi connectivity index (χ3v) is 7.47. The van der Waals surface area contributed by atoms with E-state index in [4.69, 9.17) is 22.0 Å². The van der Waals surface area contributed by atoms with E-state index in [1.807, 2.05) is 0 Å². The Bertz CT molecular complexity index is 1380. The molecule has 2 aromatic rings. The van der Waals surface area contributed by atoms with Gasteiger partial charge in [-0.3, -0.25) is 14.1 Å². The first-order chi connectivity index (χ1) is 17.9. The summed E-state index contributed by atoms with van der Waals surface area (Å²) in [5.41, 5.74) is 15.3. The lowest BCUT2D eigenvalue weighted by Gasteiger charge is -2.43. The molecule has 3 heterocycles. The number of thiazole rings is 1. The van der Waals surface area contributed by atoms with Crippen molar-refractivity contribution in [2.75, 3.05) is 12.3 Å². The van der Waals surface area contributed by atoms with E-state index >= 15 is 0 Å². The molecule has 1 saturated carbocycles. The SMILES string of the molecule is NCC[C@@H](N)c1cnn(C[C@H]2[C@H](NC(=O)C(=NOC3(C(=O)O)CC3)c3csc(N)n3)C(=O)N2S(=O)(=O)O)n1. The van der Waals surface area contributed by atoms with Crippen molar-refractivity contribution in [3.63, 3.8) is 0 Å². The molecule has 3 atom stereocenters. The lowest BCUT2D eigenvalue weighted by atomic mass is 9.98. The molecule has 2 aromatic heterocycles. The fourth-order valence-corrected chi connectivity index (χ4v) is 5.02. The maximum absolute atomic E-state index is 13.1. The summed E-state index contributed by atoms with van der Waals surface area (Å²) in [5, 5.41) is 24.9. The van der Waals surface area contributed by atoms with Crippen LogP contribution in [0.5, 0.6) is 0 Å². The molecule has 2 fully saturated rings. The first-order valence-electron chi connectivity index (χ1n) is 11.0. The third kappa shape index (κ3) is 5.43. The standard InChI is InChI=1S/C18H24N10O8S2/c19-4-1-8(20)9-5-22-27(25-9)6-11-13(15(30)28(11)38(33,34)35)24-14(29)12(10-7-37-17(21)23-10)26-36-18(2-3-18)16(31)32/h5,7-8,11,13H,1-4,6,19-20H2,(H2,21,23)(H,24,29)(H,31,32)(H,33,34,35)/t8-,11+,13+/m1/s1. The van der Waals surface area contributed by atoms with Gasteiger partial charge in [-0.15, -0.1) is 11.3 Å². The molecule has 18 nitrogen and oxygen atoms in total. The van der Waals surface area contributed by atoms with E-state index in [0.717, 1.165) is 16.1 Å². The van der Waals surface area contributed by atoms with Crippen LogP contribution in [-0.4, -0.2) is 90.1 Å². The average molecular weight is 573 g/mol. The van der Waals surface area contributed by atoms with Crippen LogP contribution in [0.2, 0.25) is 0 Å². The van der Waals surface area contributed by atoms with E-state index in [1.54, 1.807) is 0 Å². The first-order valence-corrected chi connectivity index (χ1v) is 13.3. The molecular weight excluding hydrogens is 548 g/mol. The number of hydrogen-bond acceptors (Lipinski definition) is 14. The van der Waals surface area contributed by atoms with Gasteiger partial charge in [0.15, 0.2) is 10.8 Å². The van der Waals surface area contributed by atoms with Crippen molar-refractivity contribution in [3.8, 4) is 0 Å². The number of amides is 2. The Hall–Kier alpha value is -3.72. The minimum Gasteiger partial charge on any atom is -0.478 e. The maximum Gasteiger partial charge on any atom is 0.362 e. The number of carboxylic acids is 1. The number of nitrogens with one attached hydrogen (secondary N) is 1. The average Bonchev–Trinajstić information content (AvgIpc) is 3.27. The van der Waals surface area contributed by atoms with E-state index in [-0.39, 0.29) is 34.5 Å². The maximum atomic E-state index is 13.1. The van der Waals surface area contributed by atoms with Crippen LogP contribution in [0.25, 0.3) is 0 Å². The number of nitrogens with zero attached hydrogens (tertiary/aromatic N) is 6. The molecule has 4 rings (SSSR count). The number of oxime groups is 1. The number of rotatable bonds is 12. The molecule has 9 N–H and O–H groups in total. The van der Waals surface area contributed by atoms with E-state index < -0.39 is 57.5 Å². The number of carbonyl (C=O) groups excluding carboxylic acids is 2. The molecule has 1 aliphatic carbocycles. The van der Waals surface area contributed by atoms with Gasteiger partial charge in [-0.1, -0.05) is 5.16 Å². The molecular formula is C18H24N10O8S2. The largest absolute Gasteiger partial charge is 0.478 e. The third-order valence-electron chi connectivity index (χ3n) is 5.85. The predicted molar refractivity (Wildman–Crippen MR) is 128 cm³/mol. The van der Waals surface area contributed by atoms with Crippen LogP contribution in [0.4, 0.5) is 5.13 Å². The topological polar surface area (TPSA) is 284 Å². The molecule has 206 valence electrons. The first kappa shape index (κ1) is 27.3. The molecule has 1 aliphatic heterocycles. The zero-order valence-corrected chi connectivity index (χ0v) is 21.1. The molecule has 2 aliphatic rings. The Morgan fingerprint density at radius 2 is 2.11 bits per heavy atom. The minimum absolute atomic E-state index is 0.0616. The van der Waals surface area contributed by atoms with Gasteiger partial charge in [0.05, 0.1) is 24.5 Å². The number of nitrogen functional groups attached to an aromatic ring is 1. The number of nitrogens with two attached hydrogens (primary N) is 3. The van der Waals surface area contributed by atoms with Crippen LogP contribution < -0.4 is 22.5 Å². The van der Waals surface area contributed by atoms with Crippen LogP contribution in [-0.2, 0) is 36.1 Å². The monoisotopic (exact) mass is 572 g/mol. The van der Waals surface area contributed by atoms with Crippen molar-refractivity contribution in [2.45, 2.75) is 49.5 Å². The number of hydrogen-bond donors (Lipinski definition) is 6. The summed E-state index contributed by atoms with van der Waals surface area (Å²) in [7, 11) is -5.00. The summed E-state index contributed by atoms with van der Waals surface area (Å²) in [5.74, 6) is -3.44. The Labute approximate surface area is 218 Å². The molecule has 0 bridgehead atoms.